The van der Waals surface area contributed by atoms with Crippen molar-refractivity contribution in [2.45, 2.75) is 37.8 Å². The Morgan fingerprint density at radius 1 is 1.09 bits per heavy atom. The molecule has 4 aromatic rings. The second-order valence-corrected chi connectivity index (χ2v) is 9.71. The highest BCUT2D eigenvalue weighted by molar-refractivity contribution is 9.10. The molecule has 2 N–H and O–H groups in total. The lowest BCUT2D eigenvalue weighted by molar-refractivity contribution is 0.0911. The van der Waals surface area contributed by atoms with Crippen LogP contribution < -0.4 is 10.6 Å². The number of nitrogens with zero attached hydrogens (tertiary/aromatic N) is 4. The highest BCUT2D eigenvalue weighted by Crippen LogP contribution is 2.36. The van der Waals surface area contributed by atoms with E-state index in [2.05, 4.69) is 36.1 Å². The summed E-state index contributed by atoms with van der Waals surface area (Å²) >= 11 is 3.46. The number of fused-ring (bicyclic) bond motifs is 1. The minimum Gasteiger partial charge on any atom is -0.355 e. The van der Waals surface area contributed by atoms with Gasteiger partial charge in [0.1, 0.15) is 11.4 Å². The molecule has 180 valence electrons. The summed E-state index contributed by atoms with van der Waals surface area (Å²) < 4.78 is 4.94. The average molecular weight is 535 g/mol. The van der Waals surface area contributed by atoms with Gasteiger partial charge in [-0.3, -0.25) is 14.6 Å². The van der Waals surface area contributed by atoms with Gasteiger partial charge in [-0.25, -0.2) is 4.98 Å². The van der Waals surface area contributed by atoms with Gasteiger partial charge in [0, 0.05) is 37.9 Å². The number of carbonyl (C=O) groups is 2. The lowest BCUT2D eigenvalue weighted by Gasteiger charge is -2.32. The van der Waals surface area contributed by atoms with Gasteiger partial charge in [0.25, 0.3) is 11.8 Å². The van der Waals surface area contributed by atoms with Gasteiger partial charge < -0.3 is 19.8 Å². The molecule has 1 saturated carbocycles. The van der Waals surface area contributed by atoms with E-state index in [0.717, 1.165) is 52.8 Å². The third-order valence-electron chi connectivity index (χ3n) is 6.71. The van der Waals surface area contributed by atoms with Crippen LogP contribution >= 0.6 is 15.9 Å². The van der Waals surface area contributed by atoms with E-state index in [4.69, 9.17) is 4.98 Å². The molecule has 1 fully saturated rings. The van der Waals surface area contributed by atoms with E-state index < -0.39 is 0 Å². The molecule has 1 aromatic carbocycles. The van der Waals surface area contributed by atoms with Gasteiger partial charge in [-0.1, -0.05) is 6.07 Å². The first kappa shape index (κ1) is 23.3. The highest BCUT2D eigenvalue weighted by Gasteiger charge is 2.29. The van der Waals surface area contributed by atoms with Crippen LogP contribution in [0.25, 0.3) is 22.6 Å². The fraction of sp³-hybridized carbons (Fsp3) is 0.308. The first-order valence-electron chi connectivity index (χ1n) is 11.7. The number of hydrogen-bond acceptors (Lipinski definition) is 4. The molecule has 1 aliphatic carbocycles. The number of nitrogens with one attached hydrogen (secondary N) is 2. The van der Waals surface area contributed by atoms with Crippen molar-refractivity contribution in [1.82, 2.24) is 29.7 Å². The summed E-state index contributed by atoms with van der Waals surface area (Å²) in [7, 11) is 3.49. The predicted octanol–water partition coefficient (Wildman–Crippen LogP) is 4.47. The molecule has 2 unspecified atom stereocenters. The molecule has 0 aliphatic heterocycles. The number of amides is 2. The number of benzene rings is 1. The maximum absolute atomic E-state index is 13.0. The zero-order valence-electron chi connectivity index (χ0n) is 19.7. The number of halogens is 1. The molecule has 8 nitrogen and oxygen atoms in total. The van der Waals surface area contributed by atoms with Crippen molar-refractivity contribution in [1.29, 1.82) is 0 Å². The van der Waals surface area contributed by atoms with E-state index in [-0.39, 0.29) is 23.9 Å². The summed E-state index contributed by atoms with van der Waals surface area (Å²) in [5.41, 5.74) is 3.70. The summed E-state index contributed by atoms with van der Waals surface area (Å²) in [6.07, 6.45) is 5.45. The van der Waals surface area contributed by atoms with Gasteiger partial charge >= 0.3 is 0 Å². The standard InChI is InChI=1S/C26H27BrN6O2/c1-28-25(34)16-9-10-21-20(14-16)31-24(19-8-3-4-13-29-19)33(21)18-7-5-6-17(15-18)30-26(35)22-11-12-23(27)32(22)2/h3-4,8-14,17-18H,5-7,15H2,1-2H3,(H,28,34)(H,30,35). The molecule has 35 heavy (non-hydrogen) atoms. The van der Waals surface area contributed by atoms with Gasteiger partial charge in [-0.2, -0.15) is 0 Å². The van der Waals surface area contributed by atoms with Crippen LogP contribution in [0.1, 0.15) is 52.6 Å². The molecule has 0 saturated heterocycles. The Morgan fingerprint density at radius 2 is 1.94 bits per heavy atom. The molecular weight excluding hydrogens is 508 g/mol. The fourth-order valence-electron chi connectivity index (χ4n) is 4.93. The normalized spacial score (nSPS) is 17.9. The number of imidazole rings is 1. The zero-order chi connectivity index (χ0) is 24.5. The van der Waals surface area contributed by atoms with Crippen LogP contribution in [0.15, 0.2) is 59.3 Å². The summed E-state index contributed by atoms with van der Waals surface area (Å²) in [5, 5.41) is 5.91. The molecule has 0 radical (unpaired) electrons. The van der Waals surface area contributed by atoms with Crippen LogP contribution in [0.3, 0.4) is 0 Å². The summed E-state index contributed by atoms with van der Waals surface area (Å²) in [6.45, 7) is 0. The first-order valence-corrected chi connectivity index (χ1v) is 12.5. The molecular formula is C26H27BrN6O2. The SMILES string of the molecule is CNC(=O)c1ccc2c(c1)nc(-c1ccccn1)n2C1CCCC(NC(=O)c2ccc(Br)n2C)C1. The molecule has 2 amide bonds. The molecule has 3 aromatic heterocycles. The van der Waals surface area contributed by atoms with Crippen LogP contribution in [0.5, 0.6) is 0 Å². The van der Waals surface area contributed by atoms with E-state index >= 15 is 0 Å². The van der Waals surface area contributed by atoms with E-state index in [1.165, 1.54) is 0 Å². The second kappa shape index (κ2) is 9.65. The average Bonchev–Trinajstić information content (AvgIpc) is 3.43. The number of rotatable bonds is 5. The highest BCUT2D eigenvalue weighted by atomic mass is 79.9. The van der Waals surface area contributed by atoms with E-state index in [1.807, 2.05) is 60.1 Å². The fourth-order valence-corrected chi connectivity index (χ4v) is 5.26. The molecule has 3 heterocycles. The van der Waals surface area contributed by atoms with Crippen LogP contribution in [-0.2, 0) is 7.05 Å². The monoisotopic (exact) mass is 534 g/mol. The second-order valence-electron chi connectivity index (χ2n) is 8.89. The van der Waals surface area contributed by atoms with Gasteiger partial charge in [-0.15, -0.1) is 0 Å². The Hall–Kier alpha value is -3.46. The van der Waals surface area contributed by atoms with E-state index in [0.29, 0.717) is 11.3 Å². The van der Waals surface area contributed by atoms with Crippen molar-refractivity contribution in [3.63, 3.8) is 0 Å². The third-order valence-corrected chi connectivity index (χ3v) is 7.51. The van der Waals surface area contributed by atoms with E-state index in [1.54, 1.807) is 13.2 Å². The molecule has 1 aliphatic rings. The van der Waals surface area contributed by atoms with Crippen LogP contribution in [0, 0.1) is 0 Å². The van der Waals surface area contributed by atoms with Gasteiger partial charge in [0.05, 0.1) is 15.6 Å². The van der Waals surface area contributed by atoms with Crippen molar-refractivity contribution in [3.05, 3.63) is 70.6 Å². The van der Waals surface area contributed by atoms with Gasteiger partial charge in [-0.05, 0) is 84.1 Å². The number of pyridine rings is 1. The van der Waals surface area contributed by atoms with Gasteiger partial charge in [0.2, 0.25) is 0 Å². The Labute approximate surface area is 211 Å². The molecule has 0 bridgehead atoms. The van der Waals surface area contributed by atoms with Crippen molar-refractivity contribution < 1.29 is 9.59 Å². The largest absolute Gasteiger partial charge is 0.355 e. The molecule has 5 rings (SSSR count). The van der Waals surface area contributed by atoms with Crippen molar-refractivity contribution in [2.75, 3.05) is 7.05 Å². The lowest BCUT2D eigenvalue weighted by atomic mass is 9.90. The Balaban J connectivity index is 1.49. The lowest BCUT2D eigenvalue weighted by Crippen LogP contribution is -2.39. The van der Waals surface area contributed by atoms with Crippen molar-refractivity contribution in [3.8, 4) is 11.5 Å². The minimum atomic E-state index is -0.145. The van der Waals surface area contributed by atoms with Gasteiger partial charge in [0.15, 0.2) is 5.82 Å². The first-order chi connectivity index (χ1) is 17.0. The maximum atomic E-state index is 13.0. The number of hydrogen-bond donors (Lipinski definition) is 2. The Morgan fingerprint density at radius 3 is 2.66 bits per heavy atom. The Kier molecular flexibility index (Phi) is 6.42. The minimum absolute atomic E-state index is 0.0501. The Bertz CT molecular complexity index is 1390. The molecule has 9 heteroatoms. The van der Waals surface area contributed by atoms with Crippen molar-refractivity contribution >= 4 is 38.8 Å². The third kappa shape index (κ3) is 4.48. The predicted molar refractivity (Wildman–Crippen MR) is 138 cm³/mol. The van der Waals surface area contributed by atoms with Crippen LogP contribution in [0.2, 0.25) is 0 Å². The number of carbonyl (C=O) groups excluding carboxylic acids is 2. The molecule has 0 spiro atoms. The quantitative estimate of drug-likeness (QED) is 0.394. The van der Waals surface area contributed by atoms with Crippen LogP contribution in [0.4, 0.5) is 0 Å². The summed E-state index contributed by atoms with van der Waals surface area (Å²) in [5.74, 6) is 0.561. The summed E-state index contributed by atoms with van der Waals surface area (Å²) in [6, 6.07) is 15.3. The smallest absolute Gasteiger partial charge is 0.268 e. The molecule has 2 atom stereocenters. The van der Waals surface area contributed by atoms with E-state index in [9.17, 15) is 9.59 Å². The zero-order valence-corrected chi connectivity index (χ0v) is 21.2. The number of aromatic nitrogens is 4. The van der Waals surface area contributed by atoms with Crippen LogP contribution in [-0.4, -0.2) is 44.0 Å². The maximum Gasteiger partial charge on any atom is 0.268 e. The summed E-state index contributed by atoms with van der Waals surface area (Å²) in [4.78, 5) is 34.6. The van der Waals surface area contributed by atoms with Crippen molar-refractivity contribution in [2.24, 2.45) is 7.05 Å². The topological polar surface area (TPSA) is 93.8 Å².